The Balaban J connectivity index is 2.34. The smallest absolute Gasteiger partial charge is 0.347 e. The molecule has 0 amide bonds. The molecule has 0 bridgehead atoms. The van der Waals surface area contributed by atoms with Crippen molar-refractivity contribution >= 4 is 5.97 Å². The SMILES string of the molecule is CCOC(=O)C1CCC=CO1. The molecule has 1 atom stereocenters. The maximum Gasteiger partial charge on any atom is 0.347 e. The van der Waals surface area contributed by atoms with Gasteiger partial charge in [0.2, 0.25) is 0 Å². The molecule has 1 aliphatic heterocycles. The fraction of sp³-hybridized carbons (Fsp3) is 0.625. The highest BCUT2D eigenvalue weighted by molar-refractivity contribution is 5.74. The number of rotatable bonds is 2. The Hall–Kier alpha value is -0.990. The van der Waals surface area contributed by atoms with Crippen LogP contribution in [0.5, 0.6) is 0 Å². The fourth-order valence-corrected chi connectivity index (χ4v) is 0.943. The lowest BCUT2D eigenvalue weighted by atomic mass is 10.2. The molecule has 1 aliphatic rings. The van der Waals surface area contributed by atoms with Gasteiger partial charge in [-0.15, -0.1) is 0 Å². The average Bonchev–Trinajstić information content (AvgIpc) is 2.07. The minimum atomic E-state index is -0.375. The first-order chi connectivity index (χ1) is 5.34. The van der Waals surface area contributed by atoms with Crippen molar-refractivity contribution in [3.8, 4) is 0 Å². The number of hydrogen-bond donors (Lipinski definition) is 0. The predicted molar refractivity (Wildman–Crippen MR) is 39.9 cm³/mol. The van der Waals surface area contributed by atoms with Gasteiger partial charge in [-0.3, -0.25) is 0 Å². The van der Waals surface area contributed by atoms with Crippen LogP contribution in [0.2, 0.25) is 0 Å². The number of esters is 1. The highest BCUT2D eigenvalue weighted by Gasteiger charge is 2.20. The van der Waals surface area contributed by atoms with Crippen molar-refractivity contribution in [1.29, 1.82) is 0 Å². The molecule has 0 aromatic heterocycles. The first-order valence-corrected chi connectivity index (χ1v) is 3.81. The Morgan fingerprint density at radius 3 is 3.18 bits per heavy atom. The molecule has 0 aromatic carbocycles. The molecule has 0 spiro atoms. The summed E-state index contributed by atoms with van der Waals surface area (Å²) >= 11 is 0. The normalized spacial score (nSPS) is 22.5. The van der Waals surface area contributed by atoms with Crippen molar-refractivity contribution in [2.24, 2.45) is 0 Å². The lowest BCUT2D eigenvalue weighted by Gasteiger charge is -2.16. The second kappa shape index (κ2) is 4.01. The standard InChI is InChI=1S/C8H12O3/c1-2-10-8(9)7-5-3-4-6-11-7/h4,6-7H,2-3,5H2,1H3. The highest BCUT2D eigenvalue weighted by Crippen LogP contribution is 2.11. The number of hydrogen-bond acceptors (Lipinski definition) is 3. The molecule has 1 heterocycles. The zero-order valence-electron chi connectivity index (χ0n) is 6.58. The van der Waals surface area contributed by atoms with Crippen molar-refractivity contribution in [1.82, 2.24) is 0 Å². The van der Waals surface area contributed by atoms with E-state index in [2.05, 4.69) is 0 Å². The molecule has 62 valence electrons. The van der Waals surface area contributed by atoms with Crippen LogP contribution < -0.4 is 0 Å². The Morgan fingerprint density at radius 1 is 1.82 bits per heavy atom. The Labute approximate surface area is 66.0 Å². The van der Waals surface area contributed by atoms with Crippen LogP contribution in [0, 0.1) is 0 Å². The van der Waals surface area contributed by atoms with Crippen LogP contribution in [0.4, 0.5) is 0 Å². The molecule has 0 aromatic rings. The summed E-state index contributed by atoms with van der Waals surface area (Å²) in [5.74, 6) is -0.253. The first kappa shape index (κ1) is 8.11. The molecular weight excluding hydrogens is 144 g/mol. The van der Waals surface area contributed by atoms with E-state index in [1.54, 1.807) is 13.2 Å². The van der Waals surface area contributed by atoms with Gasteiger partial charge < -0.3 is 9.47 Å². The van der Waals surface area contributed by atoms with E-state index in [1.807, 2.05) is 6.08 Å². The van der Waals surface area contributed by atoms with Crippen LogP contribution >= 0.6 is 0 Å². The number of ether oxygens (including phenoxy) is 2. The molecule has 0 aliphatic carbocycles. The van der Waals surface area contributed by atoms with E-state index in [4.69, 9.17) is 9.47 Å². The van der Waals surface area contributed by atoms with Crippen molar-refractivity contribution in [2.45, 2.75) is 25.9 Å². The third-order valence-corrected chi connectivity index (χ3v) is 1.48. The zero-order valence-corrected chi connectivity index (χ0v) is 6.58. The van der Waals surface area contributed by atoms with Crippen LogP contribution in [0.3, 0.4) is 0 Å². The summed E-state index contributed by atoms with van der Waals surface area (Å²) in [6.07, 6.45) is 4.71. The Morgan fingerprint density at radius 2 is 2.64 bits per heavy atom. The van der Waals surface area contributed by atoms with Crippen LogP contribution in [0.25, 0.3) is 0 Å². The maximum absolute atomic E-state index is 11.0. The third-order valence-electron chi connectivity index (χ3n) is 1.48. The van der Waals surface area contributed by atoms with Gasteiger partial charge in [-0.05, 0) is 25.8 Å². The van der Waals surface area contributed by atoms with E-state index < -0.39 is 0 Å². The summed E-state index contributed by atoms with van der Waals surface area (Å²) in [4.78, 5) is 11.0. The highest BCUT2D eigenvalue weighted by atomic mass is 16.6. The van der Waals surface area contributed by atoms with Gasteiger partial charge in [0.05, 0.1) is 12.9 Å². The second-order valence-corrected chi connectivity index (χ2v) is 2.33. The van der Waals surface area contributed by atoms with Gasteiger partial charge in [0.25, 0.3) is 0 Å². The van der Waals surface area contributed by atoms with Crippen LogP contribution in [-0.4, -0.2) is 18.7 Å². The molecule has 3 heteroatoms. The van der Waals surface area contributed by atoms with Crippen molar-refractivity contribution in [3.05, 3.63) is 12.3 Å². The quantitative estimate of drug-likeness (QED) is 0.564. The lowest BCUT2D eigenvalue weighted by Crippen LogP contribution is -2.26. The van der Waals surface area contributed by atoms with E-state index in [0.717, 1.165) is 12.8 Å². The molecule has 1 unspecified atom stereocenters. The van der Waals surface area contributed by atoms with Crippen molar-refractivity contribution in [3.63, 3.8) is 0 Å². The summed E-state index contributed by atoms with van der Waals surface area (Å²) in [5.41, 5.74) is 0. The van der Waals surface area contributed by atoms with Gasteiger partial charge in [-0.1, -0.05) is 0 Å². The lowest BCUT2D eigenvalue weighted by molar-refractivity contribution is -0.154. The molecular formula is C8H12O3. The van der Waals surface area contributed by atoms with Gasteiger partial charge in [0.1, 0.15) is 0 Å². The van der Waals surface area contributed by atoms with E-state index in [9.17, 15) is 4.79 Å². The van der Waals surface area contributed by atoms with E-state index in [1.165, 1.54) is 0 Å². The van der Waals surface area contributed by atoms with Crippen LogP contribution in [0.1, 0.15) is 19.8 Å². The molecule has 3 nitrogen and oxygen atoms in total. The molecule has 11 heavy (non-hydrogen) atoms. The summed E-state index contributed by atoms with van der Waals surface area (Å²) < 4.78 is 9.82. The van der Waals surface area contributed by atoms with Gasteiger partial charge >= 0.3 is 5.97 Å². The van der Waals surface area contributed by atoms with Gasteiger partial charge in [0, 0.05) is 0 Å². The monoisotopic (exact) mass is 156 g/mol. The number of allylic oxidation sites excluding steroid dienone is 1. The third kappa shape index (κ3) is 2.26. The van der Waals surface area contributed by atoms with Crippen molar-refractivity contribution in [2.75, 3.05) is 6.61 Å². The first-order valence-electron chi connectivity index (χ1n) is 3.81. The maximum atomic E-state index is 11.0. The minimum absolute atomic E-state index is 0.253. The zero-order chi connectivity index (χ0) is 8.10. The summed E-state index contributed by atoms with van der Waals surface area (Å²) in [6.45, 7) is 2.21. The minimum Gasteiger partial charge on any atom is -0.487 e. The second-order valence-electron chi connectivity index (χ2n) is 2.33. The topological polar surface area (TPSA) is 35.5 Å². The predicted octanol–water partition coefficient (Wildman–Crippen LogP) is 1.24. The van der Waals surface area contributed by atoms with Gasteiger partial charge in [-0.2, -0.15) is 0 Å². The Bertz CT molecular complexity index is 163. The van der Waals surface area contributed by atoms with Crippen LogP contribution in [-0.2, 0) is 14.3 Å². The van der Waals surface area contributed by atoms with E-state index >= 15 is 0 Å². The van der Waals surface area contributed by atoms with Crippen LogP contribution in [0.15, 0.2) is 12.3 Å². The summed E-state index contributed by atoms with van der Waals surface area (Å²) in [6, 6.07) is 0. The summed E-state index contributed by atoms with van der Waals surface area (Å²) in [5, 5.41) is 0. The molecule has 0 N–H and O–H groups in total. The van der Waals surface area contributed by atoms with Crippen molar-refractivity contribution < 1.29 is 14.3 Å². The molecule has 0 saturated carbocycles. The molecule has 1 rings (SSSR count). The van der Waals surface area contributed by atoms with Gasteiger partial charge in [0.15, 0.2) is 6.10 Å². The largest absolute Gasteiger partial charge is 0.487 e. The average molecular weight is 156 g/mol. The number of carbonyl (C=O) groups is 1. The summed E-state index contributed by atoms with van der Waals surface area (Å²) in [7, 11) is 0. The number of carbonyl (C=O) groups excluding carboxylic acids is 1. The van der Waals surface area contributed by atoms with Gasteiger partial charge in [-0.25, -0.2) is 4.79 Å². The molecule has 0 fully saturated rings. The molecule has 0 saturated heterocycles. The molecule has 0 radical (unpaired) electrons. The fourth-order valence-electron chi connectivity index (χ4n) is 0.943. The van der Waals surface area contributed by atoms with E-state index in [-0.39, 0.29) is 12.1 Å². The van der Waals surface area contributed by atoms with E-state index in [0.29, 0.717) is 6.61 Å². The Kier molecular flexibility index (Phi) is 2.95.